The number of primary amides is 1. The zero-order valence-corrected chi connectivity index (χ0v) is 30.8. The second-order valence-corrected chi connectivity index (χ2v) is 13.4. The van der Waals surface area contributed by atoms with Crippen molar-refractivity contribution in [1.29, 1.82) is 0 Å². The van der Waals surface area contributed by atoms with Gasteiger partial charge in [0.25, 0.3) is 5.91 Å². The second kappa shape index (κ2) is 20.1. The van der Waals surface area contributed by atoms with E-state index in [0.717, 1.165) is 6.08 Å². The Morgan fingerprint density at radius 2 is 1.74 bits per heavy atom. The number of methoxy groups -OCH3 is 2. The highest BCUT2D eigenvalue weighted by Crippen LogP contribution is 2.29. The van der Waals surface area contributed by atoms with E-state index in [-0.39, 0.29) is 54.5 Å². The van der Waals surface area contributed by atoms with Crippen LogP contribution in [-0.4, -0.2) is 138 Å². The van der Waals surface area contributed by atoms with Crippen LogP contribution in [0.5, 0.6) is 0 Å². The van der Waals surface area contributed by atoms with Crippen LogP contribution in [0.25, 0.3) is 0 Å². The molecule has 3 rings (SSSR count). The van der Waals surface area contributed by atoms with E-state index < -0.39 is 91.2 Å². The number of rotatable bonds is 9. The molecule has 9 N–H and O–H groups in total. The summed E-state index contributed by atoms with van der Waals surface area (Å²) in [5, 5.41) is 56.6. The van der Waals surface area contributed by atoms with Gasteiger partial charge in [-0.1, -0.05) is 38.2 Å². The van der Waals surface area contributed by atoms with Crippen LogP contribution >= 0.6 is 0 Å². The number of carbonyl (C=O) groups excluding carboxylic acids is 4. The fourth-order valence-corrected chi connectivity index (χ4v) is 6.33. The molecule has 1 saturated heterocycles. The van der Waals surface area contributed by atoms with E-state index in [9.17, 15) is 44.7 Å². The van der Waals surface area contributed by atoms with E-state index in [1.54, 1.807) is 26.0 Å². The van der Waals surface area contributed by atoms with Crippen LogP contribution in [0.3, 0.4) is 0 Å². The molecule has 17 nitrogen and oxygen atoms in total. The Bertz CT molecular complexity index is 1490. The van der Waals surface area contributed by atoms with E-state index >= 15 is 0 Å². The molecule has 296 valence electrons. The number of aliphatic hydroxyl groups is 5. The standard InChI is InChI=1S/C36H53N3O14/c1-17-12-21-27(38-10-11-51-35-32(46)31(45)30(44)26(16-40)52-35)23(41)15-22(29(21)43)39-34(47)18(2)8-7-9-24(49-5)33(53-36(37)48)20(4)14-19(3)28(42)25(13-17)50-6/h7-9,14-15,17,19,24-26,28,30-33,35,38,40,42,44-46H,10-13,16H2,1-6H3,(H2,37,48)(H,39,47)/b9-7-,18-8+,20-14+/t17-,19?,24?,25+,26+,28-,30-,31+,32+,33+,35-/m1/s1. The maximum absolute atomic E-state index is 13.9. The first-order chi connectivity index (χ1) is 25.0. The summed E-state index contributed by atoms with van der Waals surface area (Å²) in [5.74, 6) is -2.76. The van der Waals surface area contributed by atoms with Gasteiger partial charge in [-0.3, -0.25) is 14.4 Å². The quantitative estimate of drug-likeness (QED) is 0.0812. The lowest BCUT2D eigenvalue weighted by Gasteiger charge is -2.39. The molecule has 1 aliphatic carbocycles. The van der Waals surface area contributed by atoms with Gasteiger partial charge in [0.2, 0.25) is 11.6 Å². The third kappa shape index (κ3) is 11.4. The maximum atomic E-state index is 13.9. The highest BCUT2D eigenvalue weighted by atomic mass is 16.7. The van der Waals surface area contributed by atoms with Crippen molar-refractivity contribution in [3.63, 3.8) is 0 Å². The number of hydrogen-bond acceptors (Lipinski definition) is 15. The minimum atomic E-state index is -1.64. The maximum Gasteiger partial charge on any atom is 0.405 e. The summed E-state index contributed by atoms with van der Waals surface area (Å²) in [6, 6.07) is 0. The normalized spacial score (nSPS) is 36.4. The first-order valence-electron chi connectivity index (χ1n) is 17.3. The molecule has 2 amide bonds. The molecule has 0 spiro atoms. The second-order valence-electron chi connectivity index (χ2n) is 13.4. The van der Waals surface area contributed by atoms with Gasteiger partial charge >= 0.3 is 6.09 Å². The number of nitrogens with two attached hydrogens (primary N) is 1. The van der Waals surface area contributed by atoms with Crippen LogP contribution in [0.2, 0.25) is 0 Å². The molecule has 2 unspecified atom stereocenters. The average molecular weight is 752 g/mol. The third-order valence-electron chi connectivity index (χ3n) is 9.33. The predicted molar refractivity (Wildman–Crippen MR) is 187 cm³/mol. The molecule has 2 bridgehead atoms. The van der Waals surface area contributed by atoms with Gasteiger partial charge in [-0.25, -0.2) is 4.79 Å². The van der Waals surface area contributed by atoms with E-state index in [1.807, 2.05) is 6.92 Å². The number of ether oxygens (including phenoxy) is 5. The fraction of sp³-hybridized carbons (Fsp3) is 0.611. The van der Waals surface area contributed by atoms with Crippen LogP contribution in [0.4, 0.5) is 4.79 Å². The van der Waals surface area contributed by atoms with Gasteiger partial charge in [0, 0.05) is 43.9 Å². The topological polar surface area (TPSA) is 266 Å². The number of fused-ring (bicyclic) bond motifs is 2. The fourth-order valence-electron chi connectivity index (χ4n) is 6.33. The lowest BCUT2D eigenvalue weighted by atomic mass is 9.85. The van der Waals surface area contributed by atoms with Crippen LogP contribution in [0, 0.1) is 11.8 Å². The molecule has 53 heavy (non-hydrogen) atoms. The minimum absolute atomic E-state index is 0.0329. The Balaban J connectivity index is 1.94. The van der Waals surface area contributed by atoms with E-state index in [1.165, 1.54) is 33.3 Å². The van der Waals surface area contributed by atoms with Crippen molar-refractivity contribution in [2.75, 3.05) is 34.0 Å². The Labute approximate surface area is 308 Å². The number of carbonyl (C=O) groups is 4. The highest BCUT2D eigenvalue weighted by molar-refractivity contribution is 6.23. The molecule has 0 saturated carbocycles. The molecule has 11 atom stereocenters. The van der Waals surface area contributed by atoms with Crippen molar-refractivity contribution in [2.24, 2.45) is 17.6 Å². The van der Waals surface area contributed by atoms with Crippen molar-refractivity contribution < 1.29 is 68.4 Å². The number of ketones is 2. The Hall–Kier alpha value is -3.78. The molecule has 1 fully saturated rings. The number of Topliss-reactive ketones (excluding diaryl/α,β-unsaturated/α-hetero) is 1. The number of aliphatic hydroxyl groups excluding tert-OH is 5. The van der Waals surface area contributed by atoms with Crippen LogP contribution in [0.1, 0.15) is 40.5 Å². The summed E-state index contributed by atoms with van der Waals surface area (Å²) in [6.07, 6.45) is -4.54. The van der Waals surface area contributed by atoms with Gasteiger partial charge in [-0.05, 0) is 38.2 Å². The summed E-state index contributed by atoms with van der Waals surface area (Å²) in [6.45, 7) is 5.86. The molecule has 17 heteroatoms. The monoisotopic (exact) mass is 751 g/mol. The van der Waals surface area contributed by atoms with Crippen molar-refractivity contribution >= 4 is 23.6 Å². The van der Waals surface area contributed by atoms with E-state index in [4.69, 9.17) is 29.4 Å². The van der Waals surface area contributed by atoms with Gasteiger partial charge in [0.15, 0.2) is 12.4 Å². The van der Waals surface area contributed by atoms with Crippen LogP contribution in [0.15, 0.2) is 58.5 Å². The molecule has 0 aromatic heterocycles. The zero-order chi connectivity index (χ0) is 39.6. The third-order valence-corrected chi connectivity index (χ3v) is 9.33. The Kier molecular flexibility index (Phi) is 16.5. The molecule has 0 radical (unpaired) electrons. The number of nitrogens with one attached hydrogen (secondary N) is 2. The molecule has 2 aliphatic heterocycles. The van der Waals surface area contributed by atoms with Crippen molar-refractivity contribution in [3.8, 4) is 0 Å². The molecule has 0 aromatic rings. The summed E-state index contributed by atoms with van der Waals surface area (Å²) < 4.78 is 27.5. The first kappa shape index (κ1) is 43.6. The SMILES string of the molecule is COC1/C=C\C=C(/C)C(=O)NC2=CC(=O)C(NCCO[C@@H]3O[C@@H](CO)[C@@H](O)[C@H](O)[C@@H]3O)=C(C[C@@H](C)C[C@H](OC)[C@H](O)C(C)/C=C(\C)[C@@H]1OC(N)=O)C2=O. The van der Waals surface area contributed by atoms with Crippen molar-refractivity contribution in [1.82, 2.24) is 10.6 Å². The molecule has 0 aromatic carbocycles. The number of allylic oxidation sites excluding steroid dienone is 4. The molecule has 2 heterocycles. The lowest BCUT2D eigenvalue weighted by molar-refractivity contribution is -0.300. The minimum Gasteiger partial charge on any atom is -0.439 e. The summed E-state index contributed by atoms with van der Waals surface area (Å²) in [7, 11) is 2.84. The van der Waals surface area contributed by atoms with Gasteiger partial charge < -0.3 is 65.6 Å². The molecular weight excluding hydrogens is 698 g/mol. The Morgan fingerprint density at radius 3 is 2.36 bits per heavy atom. The largest absolute Gasteiger partial charge is 0.439 e. The zero-order valence-electron chi connectivity index (χ0n) is 30.8. The van der Waals surface area contributed by atoms with Crippen molar-refractivity contribution in [3.05, 3.63) is 58.5 Å². The summed E-state index contributed by atoms with van der Waals surface area (Å²) in [4.78, 5) is 52.4. The van der Waals surface area contributed by atoms with Gasteiger partial charge in [0.1, 0.15) is 30.5 Å². The van der Waals surface area contributed by atoms with Gasteiger partial charge in [-0.15, -0.1) is 0 Å². The lowest BCUT2D eigenvalue weighted by Crippen LogP contribution is -2.59. The first-order valence-corrected chi connectivity index (χ1v) is 17.3. The van der Waals surface area contributed by atoms with Crippen LogP contribution < -0.4 is 16.4 Å². The summed E-state index contributed by atoms with van der Waals surface area (Å²) in [5.41, 5.74) is 5.83. The molecular formula is C36H53N3O14. The smallest absolute Gasteiger partial charge is 0.405 e. The summed E-state index contributed by atoms with van der Waals surface area (Å²) >= 11 is 0. The van der Waals surface area contributed by atoms with E-state index in [0.29, 0.717) is 5.57 Å². The van der Waals surface area contributed by atoms with Gasteiger partial charge in [0.05, 0.1) is 36.8 Å². The Morgan fingerprint density at radius 1 is 1.04 bits per heavy atom. The van der Waals surface area contributed by atoms with Crippen LogP contribution in [-0.2, 0) is 38.1 Å². The number of amides is 2. The number of hydrogen-bond donors (Lipinski definition) is 8. The van der Waals surface area contributed by atoms with E-state index in [2.05, 4.69) is 10.6 Å². The molecule has 3 aliphatic rings. The average Bonchev–Trinajstić information content (AvgIpc) is 3.11. The highest BCUT2D eigenvalue weighted by Gasteiger charge is 2.44. The predicted octanol–water partition coefficient (Wildman–Crippen LogP) is -0.832. The van der Waals surface area contributed by atoms with Crippen molar-refractivity contribution in [2.45, 2.75) is 95.7 Å². The van der Waals surface area contributed by atoms with Gasteiger partial charge in [-0.2, -0.15) is 0 Å².